The fourth-order valence-corrected chi connectivity index (χ4v) is 5.08. The zero-order chi connectivity index (χ0) is 24.2. The van der Waals surface area contributed by atoms with E-state index in [9.17, 15) is 22.8 Å². The number of alkyl halides is 3. The van der Waals surface area contributed by atoms with Crippen LogP contribution in [0.4, 0.5) is 13.2 Å². The summed E-state index contributed by atoms with van der Waals surface area (Å²) < 4.78 is 57.1. The molecule has 2 aliphatic rings. The number of methoxy groups -OCH3 is 1. The average molecular weight is 472 g/mol. The first kappa shape index (κ1) is 25.5. The molecule has 33 heavy (non-hydrogen) atoms. The minimum atomic E-state index is -5.02. The Hall–Kier alpha value is -2.13. The van der Waals surface area contributed by atoms with Gasteiger partial charge < -0.3 is 19.1 Å². The third-order valence-corrected chi connectivity index (χ3v) is 7.05. The van der Waals surface area contributed by atoms with Gasteiger partial charge in [0.05, 0.1) is 18.1 Å². The molecule has 0 N–H and O–H groups in total. The van der Waals surface area contributed by atoms with Crippen molar-refractivity contribution in [1.29, 1.82) is 0 Å². The highest BCUT2D eigenvalue weighted by atomic mass is 19.4. The fraction of sp³-hybridized carbons (Fsp3) is 0.667. The molecule has 1 aromatic carbocycles. The summed E-state index contributed by atoms with van der Waals surface area (Å²) in [5, 5.41) is 0. The molecule has 0 aromatic heterocycles. The Bertz CT molecular complexity index is 816. The summed E-state index contributed by atoms with van der Waals surface area (Å²) in [6, 6.07) is 7.71. The van der Waals surface area contributed by atoms with Crippen LogP contribution in [0.25, 0.3) is 0 Å². The van der Waals surface area contributed by atoms with E-state index in [1.807, 2.05) is 44.2 Å². The van der Waals surface area contributed by atoms with E-state index in [0.717, 1.165) is 10.5 Å². The van der Waals surface area contributed by atoms with Gasteiger partial charge in [0.2, 0.25) is 0 Å². The normalized spacial score (nSPS) is 28.0. The largest absolute Gasteiger partial charge is 0.471 e. The Labute approximate surface area is 192 Å². The topological polar surface area (TPSA) is 65.1 Å². The van der Waals surface area contributed by atoms with Crippen molar-refractivity contribution in [3.05, 3.63) is 35.9 Å². The zero-order valence-electron chi connectivity index (χ0n) is 19.3. The molecule has 4 atom stereocenters. The summed E-state index contributed by atoms with van der Waals surface area (Å²) in [7, 11) is 1.40. The van der Waals surface area contributed by atoms with E-state index in [4.69, 9.17) is 14.2 Å². The Kier molecular flexibility index (Phi) is 8.05. The number of rotatable bonds is 7. The SMILES string of the molecule is COC1COCCC1N(C(=O)C(F)(F)F)C1CC[C@@](C(=O)OCc2ccccc2)(C(C)C)C1. The Balaban J connectivity index is 1.83. The molecule has 2 fully saturated rings. The zero-order valence-corrected chi connectivity index (χ0v) is 19.3. The molecule has 1 saturated carbocycles. The second kappa shape index (κ2) is 10.4. The molecular formula is C24H32F3NO5. The molecule has 9 heteroatoms. The predicted molar refractivity (Wildman–Crippen MR) is 114 cm³/mol. The Morgan fingerprint density at radius 1 is 1.21 bits per heavy atom. The van der Waals surface area contributed by atoms with Gasteiger partial charge in [-0.25, -0.2) is 0 Å². The highest BCUT2D eigenvalue weighted by molar-refractivity contribution is 5.83. The van der Waals surface area contributed by atoms with Gasteiger partial charge >= 0.3 is 18.1 Å². The summed E-state index contributed by atoms with van der Waals surface area (Å²) in [6.07, 6.45) is -4.69. The lowest BCUT2D eigenvalue weighted by Crippen LogP contribution is -2.58. The monoisotopic (exact) mass is 471 g/mol. The van der Waals surface area contributed by atoms with Crippen molar-refractivity contribution in [3.63, 3.8) is 0 Å². The standard InChI is InChI=1S/C24H32F3NO5/c1-16(2)23(22(30)33-14-17-7-5-4-6-8-17)11-9-18(13-23)28(21(29)24(25,26)27)19-10-12-32-15-20(19)31-3/h4-8,16,18-20H,9-15H2,1-3H3/t18?,19?,20?,23-/m0/s1. The molecule has 1 amide bonds. The summed E-state index contributed by atoms with van der Waals surface area (Å²) in [4.78, 5) is 26.7. The number of amides is 1. The lowest BCUT2D eigenvalue weighted by molar-refractivity contribution is -0.197. The molecule has 3 rings (SSSR count). The van der Waals surface area contributed by atoms with Gasteiger partial charge in [-0.3, -0.25) is 9.59 Å². The molecule has 1 aliphatic carbocycles. The van der Waals surface area contributed by atoms with E-state index in [-0.39, 0.29) is 45.0 Å². The maximum atomic E-state index is 13.6. The van der Waals surface area contributed by atoms with Crippen LogP contribution in [-0.4, -0.2) is 61.5 Å². The molecule has 184 valence electrons. The van der Waals surface area contributed by atoms with Crippen LogP contribution in [-0.2, 0) is 30.4 Å². The first-order valence-corrected chi connectivity index (χ1v) is 11.3. The van der Waals surface area contributed by atoms with Crippen LogP contribution >= 0.6 is 0 Å². The van der Waals surface area contributed by atoms with Gasteiger partial charge in [0.25, 0.3) is 0 Å². The average Bonchev–Trinajstić information content (AvgIpc) is 3.24. The summed E-state index contributed by atoms with van der Waals surface area (Å²) >= 11 is 0. The van der Waals surface area contributed by atoms with Gasteiger partial charge in [-0.15, -0.1) is 0 Å². The molecular weight excluding hydrogens is 439 g/mol. The molecule has 0 radical (unpaired) electrons. The third kappa shape index (κ3) is 5.51. The number of halogens is 3. The Morgan fingerprint density at radius 2 is 1.91 bits per heavy atom. The van der Waals surface area contributed by atoms with E-state index in [1.165, 1.54) is 7.11 Å². The first-order valence-electron chi connectivity index (χ1n) is 11.3. The minimum absolute atomic E-state index is 0.0930. The second-order valence-electron chi connectivity index (χ2n) is 9.18. The summed E-state index contributed by atoms with van der Waals surface area (Å²) in [5.41, 5.74) is -0.129. The number of hydrogen-bond acceptors (Lipinski definition) is 5. The van der Waals surface area contributed by atoms with Gasteiger partial charge in [-0.05, 0) is 37.2 Å². The minimum Gasteiger partial charge on any atom is -0.460 e. The molecule has 1 heterocycles. The maximum Gasteiger partial charge on any atom is 0.471 e. The molecule has 3 unspecified atom stereocenters. The van der Waals surface area contributed by atoms with Crippen LogP contribution in [0.3, 0.4) is 0 Å². The van der Waals surface area contributed by atoms with E-state index in [2.05, 4.69) is 0 Å². The van der Waals surface area contributed by atoms with Crippen LogP contribution in [0.2, 0.25) is 0 Å². The maximum absolute atomic E-state index is 13.6. The van der Waals surface area contributed by atoms with Crippen molar-refractivity contribution in [2.24, 2.45) is 11.3 Å². The van der Waals surface area contributed by atoms with Crippen molar-refractivity contribution in [1.82, 2.24) is 4.90 Å². The molecule has 0 spiro atoms. The van der Waals surface area contributed by atoms with E-state index < -0.39 is 41.7 Å². The lowest BCUT2D eigenvalue weighted by atomic mass is 9.75. The number of benzene rings is 1. The molecule has 6 nitrogen and oxygen atoms in total. The van der Waals surface area contributed by atoms with Gasteiger partial charge in [0.1, 0.15) is 12.7 Å². The quantitative estimate of drug-likeness (QED) is 0.560. The molecule has 1 saturated heterocycles. The van der Waals surface area contributed by atoms with Gasteiger partial charge in [-0.1, -0.05) is 44.2 Å². The van der Waals surface area contributed by atoms with Crippen molar-refractivity contribution in [2.75, 3.05) is 20.3 Å². The van der Waals surface area contributed by atoms with Crippen LogP contribution in [0.15, 0.2) is 30.3 Å². The number of carbonyl (C=O) groups is 2. The highest BCUT2D eigenvalue weighted by Crippen LogP contribution is 2.48. The third-order valence-electron chi connectivity index (χ3n) is 7.05. The highest BCUT2D eigenvalue weighted by Gasteiger charge is 2.55. The van der Waals surface area contributed by atoms with Crippen molar-refractivity contribution < 1.29 is 37.0 Å². The Morgan fingerprint density at radius 3 is 2.52 bits per heavy atom. The number of ether oxygens (including phenoxy) is 3. The number of esters is 1. The van der Waals surface area contributed by atoms with Crippen LogP contribution < -0.4 is 0 Å². The van der Waals surface area contributed by atoms with Gasteiger partial charge in [0, 0.05) is 19.8 Å². The number of nitrogens with zero attached hydrogens (tertiary/aromatic N) is 1. The van der Waals surface area contributed by atoms with E-state index in [0.29, 0.717) is 6.42 Å². The smallest absolute Gasteiger partial charge is 0.460 e. The van der Waals surface area contributed by atoms with E-state index >= 15 is 0 Å². The predicted octanol–water partition coefficient (Wildman–Crippen LogP) is 4.12. The van der Waals surface area contributed by atoms with Gasteiger partial charge in [-0.2, -0.15) is 13.2 Å². The van der Waals surface area contributed by atoms with Crippen molar-refractivity contribution in [3.8, 4) is 0 Å². The van der Waals surface area contributed by atoms with Crippen LogP contribution in [0.1, 0.15) is 45.1 Å². The van der Waals surface area contributed by atoms with E-state index in [1.54, 1.807) is 0 Å². The molecule has 1 aromatic rings. The number of hydrogen-bond donors (Lipinski definition) is 0. The summed E-state index contributed by atoms with van der Waals surface area (Å²) in [5.74, 6) is -2.49. The second-order valence-corrected chi connectivity index (χ2v) is 9.18. The molecule has 1 aliphatic heterocycles. The lowest BCUT2D eigenvalue weighted by Gasteiger charge is -2.43. The molecule has 0 bridgehead atoms. The van der Waals surface area contributed by atoms with Crippen molar-refractivity contribution in [2.45, 2.75) is 70.5 Å². The summed E-state index contributed by atoms with van der Waals surface area (Å²) in [6.45, 7) is 4.19. The first-order chi connectivity index (χ1) is 15.6. The van der Waals surface area contributed by atoms with Crippen LogP contribution in [0.5, 0.6) is 0 Å². The number of carbonyl (C=O) groups excluding carboxylic acids is 2. The van der Waals surface area contributed by atoms with Crippen molar-refractivity contribution >= 4 is 11.9 Å². The van der Waals surface area contributed by atoms with Gasteiger partial charge in [0.15, 0.2) is 0 Å². The van der Waals surface area contributed by atoms with Crippen LogP contribution in [0, 0.1) is 11.3 Å². The fourth-order valence-electron chi connectivity index (χ4n) is 5.08.